The molecule has 1 unspecified atom stereocenters. The van der Waals surface area contributed by atoms with Crippen molar-refractivity contribution in [3.63, 3.8) is 0 Å². The van der Waals surface area contributed by atoms with Crippen LogP contribution in [-0.4, -0.2) is 27.7 Å². The maximum absolute atomic E-state index is 12.0. The van der Waals surface area contributed by atoms with Crippen LogP contribution in [0.4, 0.5) is 0 Å². The van der Waals surface area contributed by atoms with E-state index in [9.17, 15) is 8.42 Å². The van der Waals surface area contributed by atoms with Crippen molar-refractivity contribution in [1.82, 2.24) is 4.72 Å². The summed E-state index contributed by atoms with van der Waals surface area (Å²) in [5.41, 5.74) is 0. The minimum atomic E-state index is -3.48. The molecule has 0 aliphatic rings. The summed E-state index contributed by atoms with van der Waals surface area (Å²) in [6, 6.07) is 6.70. The standard InChI is InChI=1S/C11H16BrNO3S/c1-3-16-9(2)8-13-17(14,15)11-7-5-4-6-10(11)12/h4-7,9,13H,3,8H2,1-2H3. The molecule has 1 N–H and O–H groups in total. The van der Waals surface area contributed by atoms with Gasteiger partial charge in [-0.15, -0.1) is 0 Å². The number of hydrogen-bond donors (Lipinski definition) is 1. The average molecular weight is 322 g/mol. The second-order valence-corrected chi connectivity index (χ2v) is 6.14. The Morgan fingerprint density at radius 3 is 2.65 bits per heavy atom. The van der Waals surface area contributed by atoms with Gasteiger partial charge in [-0.05, 0) is 41.9 Å². The summed E-state index contributed by atoms with van der Waals surface area (Å²) in [5, 5.41) is 0. The fourth-order valence-electron chi connectivity index (χ4n) is 1.31. The lowest BCUT2D eigenvalue weighted by molar-refractivity contribution is 0.0799. The van der Waals surface area contributed by atoms with E-state index in [1.165, 1.54) is 0 Å². The lowest BCUT2D eigenvalue weighted by Gasteiger charge is -2.13. The van der Waals surface area contributed by atoms with E-state index in [0.29, 0.717) is 11.1 Å². The second-order valence-electron chi connectivity index (χ2n) is 3.55. The Morgan fingerprint density at radius 2 is 2.06 bits per heavy atom. The van der Waals surface area contributed by atoms with Crippen molar-refractivity contribution >= 4 is 26.0 Å². The molecule has 0 fully saturated rings. The van der Waals surface area contributed by atoms with Crippen LogP contribution in [0.1, 0.15) is 13.8 Å². The van der Waals surface area contributed by atoms with Crippen LogP contribution in [0.5, 0.6) is 0 Å². The van der Waals surface area contributed by atoms with Crippen LogP contribution in [0.3, 0.4) is 0 Å². The highest BCUT2D eigenvalue weighted by molar-refractivity contribution is 9.10. The van der Waals surface area contributed by atoms with Crippen molar-refractivity contribution < 1.29 is 13.2 Å². The van der Waals surface area contributed by atoms with E-state index >= 15 is 0 Å². The summed E-state index contributed by atoms with van der Waals surface area (Å²) in [6.45, 7) is 4.53. The summed E-state index contributed by atoms with van der Waals surface area (Å²) in [4.78, 5) is 0.240. The molecule has 17 heavy (non-hydrogen) atoms. The van der Waals surface area contributed by atoms with Gasteiger partial charge in [-0.2, -0.15) is 0 Å². The van der Waals surface area contributed by atoms with Gasteiger partial charge in [0.05, 0.1) is 11.0 Å². The van der Waals surface area contributed by atoms with Crippen LogP contribution in [0.25, 0.3) is 0 Å². The van der Waals surface area contributed by atoms with Gasteiger partial charge in [-0.3, -0.25) is 0 Å². The molecule has 0 amide bonds. The number of nitrogens with one attached hydrogen (secondary N) is 1. The highest BCUT2D eigenvalue weighted by Crippen LogP contribution is 2.20. The normalized spacial score (nSPS) is 13.6. The quantitative estimate of drug-likeness (QED) is 0.873. The highest BCUT2D eigenvalue weighted by Gasteiger charge is 2.17. The summed E-state index contributed by atoms with van der Waals surface area (Å²) < 4.78 is 32.3. The predicted octanol–water partition coefficient (Wildman–Crippen LogP) is 2.15. The zero-order valence-electron chi connectivity index (χ0n) is 9.81. The molecular formula is C11H16BrNO3S. The van der Waals surface area contributed by atoms with Crippen LogP contribution in [0, 0.1) is 0 Å². The SMILES string of the molecule is CCOC(C)CNS(=O)(=O)c1ccccc1Br. The van der Waals surface area contributed by atoms with E-state index in [4.69, 9.17) is 4.74 Å². The molecule has 0 saturated carbocycles. The van der Waals surface area contributed by atoms with Crippen molar-refractivity contribution in [2.24, 2.45) is 0 Å². The fraction of sp³-hybridized carbons (Fsp3) is 0.455. The first kappa shape index (κ1) is 14.6. The molecule has 0 aliphatic carbocycles. The molecule has 0 bridgehead atoms. The van der Waals surface area contributed by atoms with Gasteiger partial charge in [0.1, 0.15) is 0 Å². The van der Waals surface area contributed by atoms with Crippen LogP contribution >= 0.6 is 15.9 Å². The minimum Gasteiger partial charge on any atom is -0.377 e. The third-order valence-corrected chi connectivity index (χ3v) is 4.57. The van der Waals surface area contributed by atoms with Gasteiger partial charge in [0.15, 0.2) is 0 Å². The van der Waals surface area contributed by atoms with E-state index in [-0.39, 0.29) is 17.5 Å². The number of ether oxygens (including phenoxy) is 1. The van der Waals surface area contributed by atoms with Crippen LogP contribution in [0.15, 0.2) is 33.6 Å². The van der Waals surface area contributed by atoms with Gasteiger partial charge < -0.3 is 4.74 Å². The minimum absolute atomic E-state index is 0.141. The van der Waals surface area contributed by atoms with Crippen molar-refractivity contribution in [3.8, 4) is 0 Å². The van der Waals surface area contributed by atoms with Crippen LogP contribution in [0.2, 0.25) is 0 Å². The van der Waals surface area contributed by atoms with E-state index in [1.54, 1.807) is 24.3 Å². The Hall–Kier alpha value is -0.430. The number of benzene rings is 1. The molecule has 0 aliphatic heterocycles. The summed E-state index contributed by atoms with van der Waals surface area (Å²) in [5.74, 6) is 0. The molecular weight excluding hydrogens is 306 g/mol. The highest BCUT2D eigenvalue weighted by atomic mass is 79.9. The van der Waals surface area contributed by atoms with E-state index < -0.39 is 10.0 Å². The van der Waals surface area contributed by atoms with E-state index in [1.807, 2.05) is 13.8 Å². The Bertz CT molecular complexity index is 462. The van der Waals surface area contributed by atoms with E-state index in [0.717, 1.165) is 0 Å². The van der Waals surface area contributed by atoms with Gasteiger partial charge in [-0.1, -0.05) is 12.1 Å². The molecule has 0 radical (unpaired) electrons. The smallest absolute Gasteiger partial charge is 0.241 e. The average Bonchev–Trinajstić information content (AvgIpc) is 2.27. The first-order valence-corrected chi connectivity index (χ1v) is 7.60. The maximum Gasteiger partial charge on any atom is 0.241 e. The number of sulfonamides is 1. The molecule has 0 aromatic heterocycles. The monoisotopic (exact) mass is 321 g/mol. The molecule has 96 valence electrons. The van der Waals surface area contributed by atoms with Gasteiger partial charge in [0, 0.05) is 17.6 Å². The lowest BCUT2D eigenvalue weighted by atomic mass is 10.4. The van der Waals surface area contributed by atoms with Gasteiger partial charge >= 0.3 is 0 Å². The third-order valence-electron chi connectivity index (χ3n) is 2.14. The lowest BCUT2D eigenvalue weighted by Crippen LogP contribution is -2.32. The molecule has 0 saturated heterocycles. The molecule has 1 aromatic rings. The zero-order chi connectivity index (χ0) is 12.9. The molecule has 4 nitrogen and oxygen atoms in total. The predicted molar refractivity (Wildman–Crippen MR) is 70.4 cm³/mol. The first-order chi connectivity index (χ1) is 7.97. The Morgan fingerprint density at radius 1 is 1.41 bits per heavy atom. The van der Waals surface area contributed by atoms with E-state index in [2.05, 4.69) is 20.7 Å². The van der Waals surface area contributed by atoms with Crippen molar-refractivity contribution in [3.05, 3.63) is 28.7 Å². The molecule has 1 rings (SSSR count). The Balaban J connectivity index is 2.73. The Kier molecular flexibility index (Phi) is 5.58. The fourth-order valence-corrected chi connectivity index (χ4v) is 3.43. The number of rotatable bonds is 6. The molecule has 1 atom stereocenters. The molecule has 1 aromatic carbocycles. The summed E-state index contributed by atoms with van der Waals surface area (Å²) >= 11 is 3.22. The zero-order valence-corrected chi connectivity index (χ0v) is 12.2. The topological polar surface area (TPSA) is 55.4 Å². The summed E-state index contributed by atoms with van der Waals surface area (Å²) in [6.07, 6.45) is -0.141. The van der Waals surface area contributed by atoms with Crippen molar-refractivity contribution in [2.75, 3.05) is 13.2 Å². The Labute approximate surface area is 111 Å². The maximum atomic E-state index is 12.0. The van der Waals surface area contributed by atoms with Gasteiger partial charge in [0.2, 0.25) is 10.0 Å². The molecule has 0 spiro atoms. The first-order valence-electron chi connectivity index (χ1n) is 5.33. The number of hydrogen-bond acceptors (Lipinski definition) is 3. The van der Waals surface area contributed by atoms with Crippen molar-refractivity contribution in [1.29, 1.82) is 0 Å². The third kappa shape index (κ3) is 4.39. The number of halogens is 1. The molecule has 6 heteroatoms. The van der Waals surface area contributed by atoms with Gasteiger partial charge in [0.25, 0.3) is 0 Å². The largest absolute Gasteiger partial charge is 0.377 e. The van der Waals surface area contributed by atoms with Crippen molar-refractivity contribution in [2.45, 2.75) is 24.8 Å². The molecule has 0 heterocycles. The van der Waals surface area contributed by atoms with Crippen LogP contribution in [-0.2, 0) is 14.8 Å². The van der Waals surface area contributed by atoms with Crippen LogP contribution < -0.4 is 4.72 Å². The van der Waals surface area contributed by atoms with Gasteiger partial charge in [-0.25, -0.2) is 13.1 Å². The summed E-state index contributed by atoms with van der Waals surface area (Å²) in [7, 11) is -3.48. The second kappa shape index (κ2) is 6.49.